The number of benzene rings is 2. The minimum atomic E-state index is -0.677. The van der Waals surface area contributed by atoms with Crippen molar-refractivity contribution in [3.8, 4) is 6.07 Å². The van der Waals surface area contributed by atoms with Crippen LogP contribution in [-0.2, 0) is 9.53 Å². The highest BCUT2D eigenvalue weighted by molar-refractivity contribution is 6.33. The summed E-state index contributed by atoms with van der Waals surface area (Å²) in [6.45, 7) is -0.443. The van der Waals surface area contributed by atoms with Crippen molar-refractivity contribution in [2.24, 2.45) is 0 Å². The Kier molecular flexibility index (Phi) is 5.18. The molecule has 0 aliphatic heterocycles. The van der Waals surface area contributed by atoms with Gasteiger partial charge in [0.05, 0.1) is 27.9 Å². The fraction of sp³-hybridized carbons (Fsp3) is 0.0625. The van der Waals surface area contributed by atoms with Crippen LogP contribution in [0.25, 0.3) is 0 Å². The molecule has 2 aromatic rings. The number of rotatable bonds is 4. The van der Waals surface area contributed by atoms with Crippen molar-refractivity contribution in [3.63, 3.8) is 0 Å². The largest absolute Gasteiger partial charge is 0.452 e. The first-order valence-corrected chi connectivity index (χ1v) is 6.89. The molecule has 2 aromatic carbocycles. The summed E-state index contributed by atoms with van der Waals surface area (Å²) in [5, 5.41) is 11.6. The van der Waals surface area contributed by atoms with Gasteiger partial charge in [-0.05, 0) is 42.5 Å². The lowest BCUT2D eigenvalue weighted by Gasteiger charge is -2.07. The first kappa shape index (κ1) is 16.3. The van der Waals surface area contributed by atoms with Crippen LogP contribution in [0, 0.1) is 11.3 Å². The number of nitrogen functional groups attached to an aromatic ring is 1. The Morgan fingerprint density at radius 1 is 1.22 bits per heavy atom. The van der Waals surface area contributed by atoms with E-state index in [-0.39, 0.29) is 11.3 Å². The van der Waals surface area contributed by atoms with Crippen LogP contribution >= 0.6 is 11.6 Å². The van der Waals surface area contributed by atoms with E-state index in [0.717, 1.165) is 0 Å². The van der Waals surface area contributed by atoms with Crippen LogP contribution in [0.2, 0.25) is 5.02 Å². The normalized spacial score (nSPS) is 9.74. The van der Waals surface area contributed by atoms with Gasteiger partial charge in [0.2, 0.25) is 0 Å². The number of carbonyl (C=O) groups excluding carboxylic acids is 2. The van der Waals surface area contributed by atoms with Crippen molar-refractivity contribution in [1.29, 1.82) is 5.26 Å². The fourth-order valence-corrected chi connectivity index (χ4v) is 1.83. The number of nitrogens with two attached hydrogens (primary N) is 1. The number of hydrogen-bond acceptors (Lipinski definition) is 5. The Morgan fingerprint density at radius 2 is 1.91 bits per heavy atom. The number of amides is 1. The highest BCUT2D eigenvalue weighted by atomic mass is 35.5. The first-order chi connectivity index (χ1) is 11.0. The molecule has 0 aliphatic rings. The zero-order chi connectivity index (χ0) is 16.8. The number of anilines is 2. The summed E-state index contributed by atoms with van der Waals surface area (Å²) in [6, 6.07) is 12.6. The third-order valence-corrected chi connectivity index (χ3v) is 3.21. The maximum Gasteiger partial charge on any atom is 0.338 e. The predicted molar refractivity (Wildman–Crippen MR) is 85.9 cm³/mol. The third-order valence-electron chi connectivity index (χ3n) is 2.86. The Labute approximate surface area is 137 Å². The van der Waals surface area contributed by atoms with Crippen molar-refractivity contribution >= 4 is 34.9 Å². The molecular weight excluding hydrogens is 318 g/mol. The van der Waals surface area contributed by atoms with Gasteiger partial charge in [-0.3, -0.25) is 4.79 Å². The average molecular weight is 330 g/mol. The van der Waals surface area contributed by atoms with Crippen LogP contribution in [0.5, 0.6) is 0 Å². The van der Waals surface area contributed by atoms with Crippen LogP contribution in [0.15, 0.2) is 42.5 Å². The van der Waals surface area contributed by atoms with Gasteiger partial charge in [-0.2, -0.15) is 5.26 Å². The summed E-state index contributed by atoms with van der Waals surface area (Å²) < 4.78 is 4.90. The lowest BCUT2D eigenvalue weighted by atomic mass is 10.2. The number of halogens is 1. The van der Waals surface area contributed by atoms with Crippen LogP contribution in [0.3, 0.4) is 0 Å². The molecule has 0 heterocycles. The molecule has 0 unspecified atom stereocenters. The molecule has 0 saturated heterocycles. The Morgan fingerprint density at radius 3 is 2.52 bits per heavy atom. The summed E-state index contributed by atoms with van der Waals surface area (Å²) in [6.07, 6.45) is 0. The number of nitrogens with zero attached hydrogens (tertiary/aromatic N) is 1. The second-order valence-electron chi connectivity index (χ2n) is 4.55. The van der Waals surface area contributed by atoms with Gasteiger partial charge in [-0.25, -0.2) is 4.79 Å². The number of carbonyl (C=O) groups is 2. The van der Waals surface area contributed by atoms with Crippen LogP contribution in [0.1, 0.15) is 15.9 Å². The molecular formula is C16H12ClN3O3. The minimum Gasteiger partial charge on any atom is -0.452 e. The summed E-state index contributed by atoms with van der Waals surface area (Å²) >= 11 is 5.76. The first-order valence-electron chi connectivity index (χ1n) is 6.52. The maximum atomic E-state index is 11.8. The number of esters is 1. The second kappa shape index (κ2) is 7.29. The molecule has 0 spiro atoms. The van der Waals surface area contributed by atoms with Gasteiger partial charge in [0, 0.05) is 5.69 Å². The monoisotopic (exact) mass is 329 g/mol. The van der Waals surface area contributed by atoms with E-state index in [1.54, 1.807) is 24.3 Å². The van der Waals surface area contributed by atoms with Crippen LogP contribution < -0.4 is 11.1 Å². The van der Waals surface area contributed by atoms with E-state index in [1.165, 1.54) is 18.2 Å². The smallest absolute Gasteiger partial charge is 0.338 e. The zero-order valence-electron chi connectivity index (χ0n) is 11.9. The van der Waals surface area contributed by atoms with Crippen molar-refractivity contribution in [3.05, 3.63) is 58.6 Å². The fourth-order valence-electron chi connectivity index (χ4n) is 1.71. The molecule has 0 fully saturated rings. The Hall–Kier alpha value is -3.04. The van der Waals surface area contributed by atoms with E-state index in [2.05, 4.69) is 5.32 Å². The topological polar surface area (TPSA) is 105 Å². The number of ether oxygens (including phenoxy) is 1. The molecule has 0 radical (unpaired) electrons. The highest BCUT2D eigenvalue weighted by Crippen LogP contribution is 2.19. The van der Waals surface area contributed by atoms with Crippen molar-refractivity contribution in [2.45, 2.75) is 0 Å². The second-order valence-corrected chi connectivity index (χ2v) is 4.96. The maximum absolute atomic E-state index is 11.8. The van der Waals surface area contributed by atoms with Crippen LogP contribution in [-0.4, -0.2) is 18.5 Å². The standard InChI is InChI=1S/C16H12ClN3O3/c17-13-6-3-11(7-14(13)19)16(22)23-9-15(21)20-12-4-1-10(8-18)2-5-12/h1-7H,9,19H2,(H,20,21). The van der Waals surface area contributed by atoms with Crippen molar-refractivity contribution < 1.29 is 14.3 Å². The number of nitriles is 1. The summed E-state index contributed by atoms with van der Waals surface area (Å²) in [4.78, 5) is 23.5. The molecule has 6 nitrogen and oxygen atoms in total. The Bertz CT molecular complexity index is 782. The van der Waals surface area contributed by atoms with E-state index in [0.29, 0.717) is 16.3 Å². The molecule has 116 valence electrons. The van der Waals surface area contributed by atoms with E-state index in [9.17, 15) is 9.59 Å². The predicted octanol–water partition coefficient (Wildman–Crippen LogP) is 2.59. The van der Waals surface area contributed by atoms with E-state index in [4.69, 9.17) is 27.3 Å². The Balaban J connectivity index is 1.89. The summed E-state index contributed by atoms with van der Waals surface area (Å²) in [5.41, 5.74) is 7.04. The van der Waals surface area contributed by atoms with E-state index < -0.39 is 18.5 Å². The molecule has 23 heavy (non-hydrogen) atoms. The van der Waals surface area contributed by atoms with Gasteiger partial charge in [0.25, 0.3) is 5.91 Å². The van der Waals surface area contributed by atoms with Gasteiger partial charge in [0.15, 0.2) is 6.61 Å². The van der Waals surface area contributed by atoms with Gasteiger partial charge >= 0.3 is 5.97 Å². The molecule has 0 saturated carbocycles. The average Bonchev–Trinajstić information content (AvgIpc) is 2.56. The SMILES string of the molecule is N#Cc1ccc(NC(=O)COC(=O)c2ccc(Cl)c(N)c2)cc1. The van der Waals surface area contributed by atoms with Gasteiger partial charge in [0.1, 0.15) is 0 Å². The highest BCUT2D eigenvalue weighted by Gasteiger charge is 2.11. The molecule has 0 aromatic heterocycles. The summed E-state index contributed by atoms with van der Waals surface area (Å²) in [5.74, 6) is -1.17. The van der Waals surface area contributed by atoms with Crippen LogP contribution in [0.4, 0.5) is 11.4 Å². The zero-order valence-corrected chi connectivity index (χ0v) is 12.6. The lowest BCUT2D eigenvalue weighted by molar-refractivity contribution is -0.119. The molecule has 0 atom stereocenters. The third kappa shape index (κ3) is 4.46. The minimum absolute atomic E-state index is 0.207. The molecule has 0 bridgehead atoms. The van der Waals surface area contributed by atoms with Crippen molar-refractivity contribution in [1.82, 2.24) is 0 Å². The number of hydrogen-bond donors (Lipinski definition) is 2. The number of nitrogens with one attached hydrogen (secondary N) is 1. The lowest BCUT2D eigenvalue weighted by Crippen LogP contribution is -2.21. The molecule has 0 aliphatic carbocycles. The molecule has 1 amide bonds. The van der Waals surface area contributed by atoms with E-state index in [1.807, 2.05) is 6.07 Å². The van der Waals surface area contributed by atoms with Gasteiger partial charge in [-0.1, -0.05) is 11.6 Å². The molecule has 2 rings (SSSR count). The van der Waals surface area contributed by atoms with Gasteiger partial charge < -0.3 is 15.8 Å². The van der Waals surface area contributed by atoms with Gasteiger partial charge in [-0.15, -0.1) is 0 Å². The quantitative estimate of drug-likeness (QED) is 0.662. The van der Waals surface area contributed by atoms with Crippen molar-refractivity contribution in [2.75, 3.05) is 17.7 Å². The summed E-state index contributed by atoms with van der Waals surface area (Å²) in [7, 11) is 0. The van der Waals surface area contributed by atoms with E-state index >= 15 is 0 Å². The molecule has 7 heteroatoms. The molecule has 3 N–H and O–H groups in total.